The summed E-state index contributed by atoms with van der Waals surface area (Å²) in [7, 11) is -2.67. The maximum absolute atomic E-state index is 13.1. The molecule has 0 saturated carbocycles. The van der Waals surface area contributed by atoms with Crippen LogP contribution in [-0.4, -0.2) is 74.0 Å². The zero-order valence-corrected chi connectivity index (χ0v) is 20.8. The fraction of sp³-hybridized carbons (Fsp3) is 0.550. The maximum Gasteiger partial charge on any atom is 0.261 e. The summed E-state index contributed by atoms with van der Waals surface area (Å²) >= 11 is 0. The lowest BCUT2D eigenvalue weighted by molar-refractivity contribution is -0.132. The molecule has 12 nitrogen and oxygen atoms in total. The predicted octanol–water partition coefficient (Wildman–Crippen LogP) is -0.640. The van der Waals surface area contributed by atoms with Crippen LogP contribution in [0.1, 0.15) is 26.7 Å². The summed E-state index contributed by atoms with van der Waals surface area (Å²) < 4.78 is 32.2. The zero-order valence-electron chi connectivity index (χ0n) is 19.2. The number of sulfonamides is 1. The number of hydrogen-bond acceptors (Lipinski definition) is 8. The van der Waals surface area contributed by atoms with E-state index in [4.69, 9.17) is 15.7 Å². The SMILES string of the molecule is COc1ccc(S(=O)(=O)N2C[C@@H](NC(=O)CNC(=O)[C@@H](N)CC(C)C)C[C@H]2C(=O)NO)cc1.Cl. The van der Waals surface area contributed by atoms with Crippen molar-refractivity contribution in [1.29, 1.82) is 0 Å². The largest absolute Gasteiger partial charge is 0.497 e. The first-order valence-corrected chi connectivity index (χ1v) is 11.9. The zero-order chi connectivity index (χ0) is 24.8. The van der Waals surface area contributed by atoms with Crippen LogP contribution in [0.4, 0.5) is 0 Å². The van der Waals surface area contributed by atoms with Gasteiger partial charge in [-0.3, -0.25) is 19.6 Å². The Hall–Kier alpha value is -2.45. The summed E-state index contributed by atoms with van der Waals surface area (Å²) in [4.78, 5) is 36.4. The lowest BCUT2D eigenvalue weighted by atomic mass is 10.0. The number of hydroxylamine groups is 1. The van der Waals surface area contributed by atoms with Crippen molar-refractivity contribution in [2.75, 3.05) is 20.2 Å². The molecule has 1 saturated heterocycles. The van der Waals surface area contributed by atoms with Crippen molar-refractivity contribution >= 4 is 40.2 Å². The summed E-state index contributed by atoms with van der Waals surface area (Å²) in [6.07, 6.45) is 0.403. The van der Waals surface area contributed by atoms with Crippen LogP contribution < -0.4 is 26.6 Å². The summed E-state index contributed by atoms with van der Waals surface area (Å²) in [5, 5.41) is 14.1. The van der Waals surface area contributed by atoms with Crippen LogP contribution in [0.3, 0.4) is 0 Å². The Balaban J connectivity index is 0.00000578. The van der Waals surface area contributed by atoms with Gasteiger partial charge < -0.3 is 21.1 Å². The van der Waals surface area contributed by atoms with Crippen LogP contribution in [-0.2, 0) is 24.4 Å². The average Bonchev–Trinajstić information content (AvgIpc) is 3.21. The molecule has 3 amide bonds. The summed E-state index contributed by atoms with van der Waals surface area (Å²) in [6, 6.07) is 2.92. The molecule has 1 aromatic carbocycles. The first kappa shape index (κ1) is 29.6. The van der Waals surface area contributed by atoms with E-state index in [1.54, 1.807) is 0 Å². The van der Waals surface area contributed by atoms with E-state index in [1.165, 1.54) is 36.9 Å². The molecule has 3 atom stereocenters. The molecular formula is C20H32ClN5O7S. The van der Waals surface area contributed by atoms with E-state index >= 15 is 0 Å². The standard InChI is InChI=1S/C20H31N5O7S.ClH/c1-12(2)8-16(21)19(27)22-10-18(26)23-13-9-17(20(28)24-29)25(11-13)33(30,31)15-6-4-14(32-3)5-7-15;/h4-7,12-13,16-17,29H,8-11,21H2,1-3H3,(H,22,27)(H,23,26)(H,24,28);1H/t13-,16-,17-;/m0./s1. The highest BCUT2D eigenvalue weighted by Gasteiger charge is 2.44. The second-order valence-electron chi connectivity index (χ2n) is 8.20. The Labute approximate surface area is 205 Å². The number of nitrogens with one attached hydrogen (secondary N) is 3. The predicted molar refractivity (Wildman–Crippen MR) is 125 cm³/mol. The molecule has 1 heterocycles. The third kappa shape index (κ3) is 7.53. The van der Waals surface area contributed by atoms with Gasteiger partial charge in [0.05, 0.1) is 24.6 Å². The number of nitrogens with two attached hydrogens (primary N) is 1. The molecule has 34 heavy (non-hydrogen) atoms. The van der Waals surface area contributed by atoms with Crippen molar-refractivity contribution < 1.29 is 32.7 Å². The van der Waals surface area contributed by atoms with Gasteiger partial charge in [-0.25, -0.2) is 13.9 Å². The highest BCUT2D eigenvalue weighted by Crippen LogP contribution is 2.27. The molecule has 192 valence electrons. The lowest BCUT2D eigenvalue weighted by Crippen LogP contribution is -2.47. The van der Waals surface area contributed by atoms with Crippen molar-refractivity contribution in [1.82, 2.24) is 20.4 Å². The smallest absolute Gasteiger partial charge is 0.261 e. The quantitative estimate of drug-likeness (QED) is 0.199. The molecule has 1 aliphatic rings. The van der Waals surface area contributed by atoms with Gasteiger partial charge in [-0.15, -0.1) is 12.4 Å². The van der Waals surface area contributed by atoms with E-state index in [0.29, 0.717) is 12.2 Å². The van der Waals surface area contributed by atoms with Crippen LogP contribution in [0, 0.1) is 5.92 Å². The topological polar surface area (TPSA) is 180 Å². The Morgan fingerprint density at radius 3 is 2.38 bits per heavy atom. The first-order valence-electron chi connectivity index (χ1n) is 10.4. The van der Waals surface area contributed by atoms with Crippen molar-refractivity contribution in [2.24, 2.45) is 11.7 Å². The van der Waals surface area contributed by atoms with E-state index in [0.717, 1.165) is 4.31 Å². The summed E-state index contributed by atoms with van der Waals surface area (Å²) in [6.45, 7) is 3.30. The maximum atomic E-state index is 13.1. The Morgan fingerprint density at radius 2 is 1.85 bits per heavy atom. The molecule has 1 aliphatic heterocycles. The molecule has 2 rings (SSSR count). The second kappa shape index (κ2) is 12.9. The van der Waals surface area contributed by atoms with E-state index in [1.807, 2.05) is 13.8 Å². The number of benzene rings is 1. The molecule has 1 aromatic rings. The molecule has 0 aliphatic carbocycles. The number of methoxy groups -OCH3 is 1. The lowest BCUT2D eigenvalue weighted by Gasteiger charge is -2.22. The minimum Gasteiger partial charge on any atom is -0.497 e. The van der Waals surface area contributed by atoms with Gasteiger partial charge in [0.2, 0.25) is 21.8 Å². The Kier molecular flexibility index (Phi) is 11.2. The second-order valence-corrected chi connectivity index (χ2v) is 10.1. The molecule has 0 aromatic heterocycles. The first-order chi connectivity index (χ1) is 15.5. The number of nitrogens with zero attached hydrogens (tertiary/aromatic N) is 1. The molecule has 1 fully saturated rings. The molecule has 0 radical (unpaired) electrons. The van der Waals surface area contributed by atoms with E-state index in [-0.39, 0.29) is 42.7 Å². The van der Waals surface area contributed by atoms with Crippen LogP contribution in [0.5, 0.6) is 5.75 Å². The molecule has 0 spiro atoms. The van der Waals surface area contributed by atoms with Gasteiger partial charge in [0.25, 0.3) is 5.91 Å². The normalized spacial score (nSPS) is 19.1. The molecule has 0 bridgehead atoms. The van der Waals surface area contributed by atoms with Crippen LogP contribution in [0.2, 0.25) is 0 Å². The van der Waals surface area contributed by atoms with Crippen molar-refractivity contribution in [3.05, 3.63) is 24.3 Å². The highest BCUT2D eigenvalue weighted by molar-refractivity contribution is 7.89. The van der Waals surface area contributed by atoms with Gasteiger partial charge in [0.15, 0.2) is 0 Å². The van der Waals surface area contributed by atoms with Gasteiger partial charge >= 0.3 is 0 Å². The Morgan fingerprint density at radius 1 is 1.24 bits per heavy atom. The number of amides is 3. The monoisotopic (exact) mass is 521 g/mol. The van der Waals surface area contributed by atoms with Crippen molar-refractivity contribution in [2.45, 2.75) is 49.7 Å². The average molecular weight is 522 g/mol. The van der Waals surface area contributed by atoms with Gasteiger partial charge in [-0.1, -0.05) is 13.8 Å². The van der Waals surface area contributed by atoms with Crippen LogP contribution >= 0.6 is 12.4 Å². The van der Waals surface area contributed by atoms with Gasteiger partial charge in [-0.05, 0) is 43.0 Å². The van der Waals surface area contributed by atoms with Gasteiger partial charge in [-0.2, -0.15) is 4.31 Å². The summed E-state index contributed by atoms with van der Waals surface area (Å²) in [5.41, 5.74) is 7.25. The van der Waals surface area contributed by atoms with Crippen LogP contribution in [0.25, 0.3) is 0 Å². The Bertz CT molecular complexity index is 959. The minimum absolute atomic E-state index is 0. The minimum atomic E-state index is -4.12. The number of carbonyl (C=O) groups excluding carboxylic acids is 3. The van der Waals surface area contributed by atoms with E-state index < -0.39 is 45.9 Å². The molecule has 14 heteroatoms. The van der Waals surface area contributed by atoms with Crippen LogP contribution in [0.15, 0.2) is 29.2 Å². The molecule has 6 N–H and O–H groups in total. The molecular weight excluding hydrogens is 490 g/mol. The number of halogens is 1. The van der Waals surface area contributed by atoms with Gasteiger partial charge in [0, 0.05) is 12.6 Å². The third-order valence-corrected chi connectivity index (χ3v) is 7.07. The van der Waals surface area contributed by atoms with E-state index in [2.05, 4.69) is 10.6 Å². The number of ether oxygens (including phenoxy) is 1. The number of rotatable bonds is 10. The highest BCUT2D eigenvalue weighted by atomic mass is 35.5. The van der Waals surface area contributed by atoms with Crippen molar-refractivity contribution in [3.8, 4) is 5.75 Å². The third-order valence-electron chi connectivity index (χ3n) is 5.18. The number of hydrogen-bond donors (Lipinski definition) is 5. The van der Waals surface area contributed by atoms with Crippen molar-refractivity contribution in [3.63, 3.8) is 0 Å². The van der Waals surface area contributed by atoms with E-state index in [9.17, 15) is 22.8 Å². The number of carbonyl (C=O) groups is 3. The fourth-order valence-corrected chi connectivity index (χ4v) is 5.21. The van der Waals surface area contributed by atoms with Gasteiger partial charge in [0.1, 0.15) is 11.8 Å². The summed E-state index contributed by atoms with van der Waals surface area (Å²) in [5.74, 6) is -1.27. The fourth-order valence-electron chi connectivity index (χ4n) is 3.56. The molecule has 0 unspecified atom stereocenters.